The van der Waals surface area contributed by atoms with Crippen LogP contribution in [0.4, 0.5) is 0 Å². The lowest BCUT2D eigenvalue weighted by Gasteiger charge is -2.30. The highest BCUT2D eigenvalue weighted by Gasteiger charge is 2.25. The molecule has 1 unspecified atom stereocenters. The summed E-state index contributed by atoms with van der Waals surface area (Å²) in [6, 6.07) is 8.22. The zero-order valence-corrected chi connectivity index (χ0v) is 12.3. The fourth-order valence-corrected chi connectivity index (χ4v) is 1.54. The summed E-state index contributed by atoms with van der Waals surface area (Å²) >= 11 is 3.41. The number of benzene rings is 1. The van der Waals surface area contributed by atoms with Gasteiger partial charge in [-0.05, 0) is 38.0 Å². The molecule has 0 amide bonds. The number of rotatable bonds is 4. The van der Waals surface area contributed by atoms with Crippen molar-refractivity contribution in [1.82, 2.24) is 0 Å². The maximum absolute atomic E-state index is 6.10. The Morgan fingerprint density at radius 1 is 1.31 bits per heavy atom. The molecule has 2 nitrogen and oxygen atoms in total. The van der Waals surface area contributed by atoms with Crippen LogP contribution >= 0.6 is 28.3 Å². The van der Waals surface area contributed by atoms with E-state index in [1.807, 2.05) is 26.0 Å². The summed E-state index contributed by atoms with van der Waals surface area (Å²) in [6.45, 7) is 4.02. The van der Waals surface area contributed by atoms with Crippen LogP contribution in [-0.4, -0.2) is 18.8 Å². The first-order chi connectivity index (χ1) is 6.95. The minimum Gasteiger partial charge on any atom is -0.377 e. The van der Waals surface area contributed by atoms with Gasteiger partial charge in [0.2, 0.25) is 0 Å². The molecule has 0 bridgehead atoms. The molecule has 0 fully saturated rings. The molecule has 1 rings (SSSR count). The van der Waals surface area contributed by atoms with Gasteiger partial charge in [0.15, 0.2) is 0 Å². The molecule has 0 aromatic heterocycles. The van der Waals surface area contributed by atoms with Crippen LogP contribution in [0, 0.1) is 0 Å². The van der Waals surface area contributed by atoms with Crippen LogP contribution in [0.15, 0.2) is 28.7 Å². The SMILES string of the molecule is COC(C)(C)C(N)Cc1ccc(Br)cc1.Cl. The van der Waals surface area contributed by atoms with Gasteiger partial charge in [0.25, 0.3) is 0 Å². The van der Waals surface area contributed by atoms with E-state index < -0.39 is 0 Å². The van der Waals surface area contributed by atoms with Gasteiger partial charge in [0.1, 0.15) is 0 Å². The topological polar surface area (TPSA) is 35.2 Å². The van der Waals surface area contributed by atoms with Crippen molar-refractivity contribution >= 4 is 28.3 Å². The lowest BCUT2D eigenvalue weighted by Crippen LogP contribution is -2.46. The third-order valence-electron chi connectivity index (χ3n) is 2.79. The van der Waals surface area contributed by atoms with Gasteiger partial charge in [-0.25, -0.2) is 0 Å². The van der Waals surface area contributed by atoms with Gasteiger partial charge in [-0.1, -0.05) is 28.1 Å². The smallest absolute Gasteiger partial charge is 0.0776 e. The van der Waals surface area contributed by atoms with Crippen molar-refractivity contribution < 1.29 is 4.74 Å². The summed E-state index contributed by atoms with van der Waals surface area (Å²) in [5.41, 5.74) is 7.04. The van der Waals surface area contributed by atoms with E-state index in [4.69, 9.17) is 10.5 Å². The van der Waals surface area contributed by atoms with Crippen LogP contribution in [-0.2, 0) is 11.2 Å². The normalized spacial score (nSPS) is 13.1. The van der Waals surface area contributed by atoms with E-state index in [1.165, 1.54) is 5.56 Å². The first-order valence-electron chi connectivity index (χ1n) is 5.01. The number of halogens is 2. The summed E-state index contributed by atoms with van der Waals surface area (Å²) in [5, 5.41) is 0. The second kappa shape index (κ2) is 6.60. The van der Waals surface area contributed by atoms with Gasteiger partial charge < -0.3 is 10.5 Å². The molecule has 2 N–H and O–H groups in total. The largest absolute Gasteiger partial charge is 0.377 e. The van der Waals surface area contributed by atoms with Crippen molar-refractivity contribution in [2.45, 2.75) is 31.9 Å². The van der Waals surface area contributed by atoms with E-state index in [-0.39, 0.29) is 24.0 Å². The number of hydrogen-bond acceptors (Lipinski definition) is 2. The van der Waals surface area contributed by atoms with Crippen molar-refractivity contribution in [3.63, 3.8) is 0 Å². The van der Waals surface area contributed by atoms with Crippen LogP contribution < -0.4 is 5.73 Å². The zero-order valence-electron chi connectivity index (χ0n) is 9.87. The van der Waals surface area contributed by atoms with Crippen LogP contribution in [0.25, 0.3) is 0 Å². The highest BCUT2D eigenvalue weighted by atomic mass is 79.9. The predicted octanol–water partition coefficient (Wildman–Crippen LogP) is 3.17. The number of ether oxygens (including phenoxy) is 1. The van der Waals surface area contributed by atoms with Crippen LogP contribution in [0.5, 0.6) is 0 Å². The van der Waals surface area contributed by atoms with Crippen LogP contribution in [0.3, 0.4) is 0 Å². The molecular formula is C12H19BrClNO. The number of methoxy groups -OCH3 is 1. The highest BCUT2D eigenvalue weighted by Crippen LogP contribution is 2.17. The van der Waals surface area contributed by atoms with Crippen molar-refractivity contribution in [2.75, 3.05) is 7.11 Å². The van der Waals surface area contributed by atoms with Crippen LogP contribution in [0.1, 0.15) is 19.4 Å². The van der Waals surface area contributed by atoms with E-state index in [9.17, 15) is 0 Å². The number of hydrogen-bond donors (Lipinski definition) is 1. The molecule has 92 valence electrons. The molecule has 0 saturated carbocycles. The molecule has 0 radical (unpaired) electrons. The van der Waals surface area contributed by atoms with Gasteiger partial charge in [-0.2, -0.15) is 0 Å². The Bertz CT molecular complexity index is 313. The van der Waals surface area contributed by atoms with Gasteiger partial charge in [-0.15, -0.1) is 12.4 Å². The number of nitrogens with two attached hydrogens (primary N) is 1. The molecule has 0 aliphatic heterocycles. The maximum Gasteiger partial charge on any atom is 0.0776 e. The van der Waals surface area contributed by atoms with Crippen LogP contribution in [0.2, 0.25) is 0 Å². The molecule has 0 spiro atoms. The van der Waals surface area contributed by atoms with Gasteiger partial charge >= 0.3 is 0 Å². The van der Waals surface area contributed by atoms with Crippen molar-refractivity contribution in [1.29, 1.82) is 0 Å². The van der Waals surface area contributed by atoms with Gasteiger partial charge in [0, 0.05) is 17.6 Å². The highest BCUT2D eigenvalue weighted by molar-refractivity contribution is 9.10. The molecule has 1 aromatic carbocycles. The van der Waals surface area contributed by atoms with E-state index in [0.717, 1.165) is 10.9 Å². The molecule has 16 heavy (non-hydrogen) atoms. The Kier molecular flexibility index (Phi) is 6.56. The van der Waals surface area contributed by atoms with E-state index in [0.29, 0.717) is 0 Å². The average molecular weight is 309 g/mol. The Hall–Kier alpha value is -0.0900. The summed E-state index contributed by atoms with van der Waals surface area (Å²) in [5.74, 6) is 0. The zero-order chi connectivity index (χ0) is 11.5. The summed E-state index contributed by atoms with van der Waals surface area (Å²) in [6.07, 6.45) is 0.827. The minimum absolute atomic E-state index is 0. The van der Waals surface area contributed by atoms with E-state index >= 15 is 0 Å². The second-order valence-electron chi connectivity index (χ2n) is 4.24. The fourth-order valence-electron chi connectivity index (χ4n) is 1.27. The molecule has 1 atom stereocenters. The lowest BCUT2D eigenvalue weighted by atomic mass is 9.93. The quantitative estimate of drug-likeness (QED) is 0.927. The lowest BCUT2D eigenvalue weighted by molar-refractivity contribution is 0.000805. The fraction of sp³-hybridized carbons (Fsp3) is 0.500. The Morgan fingerprint density at radius 2 is 1.81 bits per heavy atom. The monoisotopic (exact) mass is 307 g/mol. The molecule has 4 heteroatoms. The van der Waals surface area contributed by atoms with E-state index in [2.05, 4.69) is 28.1 Å². The maximum atomic E-state index is 6.10. The molecule has 0 saturated heterocycles. The minimum atomic E-state index is -0.285. The molecule has 0 heterocycles. The predicted molar refractivity (Wildman–Crippen MR) is 74.2 cm³/mol. The first-order valence-corrected chi connectivity index (χ1v) is 5.80. The first kappa shape index (κ1) is 15.9. The Labute approximate surface area is 112 Å². The van der Waals surface area contributed by atoms with Crippen molar-refractivity contribution in [2.24, 2.45) is 5.73 Å². The van der Waals surface area contributed by atoms with Crippen molar-refractivity contribution in [3.8, 4) is 0 Å². The van der Waals surface area contributed by atoms with Gasteiger partial charge in [0.05, 0.1) is 5.60 Å². The summed E-state index contributed by atoms with van der Waals surface area (Å²) < 4.78 is 6.45. The Balaban J connectivity index is 0.00000225. The third-order valence-corrected chi connectivity index (χ3v) is 3.32. The molecule has 0 aliphatic rings. The molecular weight excluding hydrogens is 289 g/mol. The van der Waals surface area contributed by atoms with Gasteiger partial charge in [-0.3, -0.25) is 0 Å². The average Bonchev–Trinajstić information content (AvgIpc) is 2.21. The van der Waals surface area contributed by atoms with E-state index in [1.54, 1.807) is 7.11 Å². The molecule has 1 aromatic rings. The summed E-state index contributed by atoms with van der Waals surface area (Å²) in [4.78, 5) is 0. The van der Waals surface area contributed by atoms with Crippen molar-refractivity contribution in [3.05, 3.63) is 34.3 Å². The Morgan fingerprint density at radius 3 is 2.25 bits per heavy atom. The molecule has 0 aliphatic carbocycles. The summed E-state index contributed by atoms with van der Waals surface area (Å²) in [7, 11) is 1.70. The standard InChI is InChI=1S/C12H18BrNO.ClH/c1-12(2,15-3)11(14)8-9-4-6-10(13)7-5-9;/h4-7,11H,8,14H2,1-3H3;1H. The third kappa shape index (κ3) is 4.42. The second-order valence-corrected chi connectivity index (χ2v) is 5.16.